The number of aliphatic carboxylic acids is 1. The highest BCUT2D eigenvalue weighted by molar-refractivity contribution is 5.80. The summed E-state index contributed by atoms with van der Waals surface area (Å²) in [6, 6.07) is 9.96. The number of para-hydroxylation sites is 1. The van der Waals surface area contributed by atoms with Crippen LogP contribution in [-0.2, 0) is 11.2 Å². The van der Waals surface area contributed by atoms with E-state index in [-0.39, 0.29) is 0 Å². The Kier molecular flexibility index (Phi) is 2.46. The number of carboxylic acids is 1. The molecule has 0 aliphatic heterocycles. The largest absolute Gasteiger partial charge is 0.481 e. The summed E-state index contributed by atoms with van der Waals surface area (Å²) in [6.45, 7) is 3.47. The number of hydrogen-bond donors (Lipinski definition) is 2. The fourth-order valence-corrected chi connectivity index (χ4v) is 1.78. The first-order valence-electron chi connectivity index (χ1n) is 5.29. The van der Waals surface area contributed by atoms with Gasteiger partial charge in [0.2, 0.25) is 0 Å². The van der Waals surface area contributed by atoms with Crippen LogP contribution in [0, 0.1) is 5.41 Å². The first-order valence-corrected chi connectivity index (χ1v) is 5.29. The van der Waals surface area contributed by atoms with E-state index in [2.05, 4.69) is 4.98 Å². The van der Waals surface area contributed by atoms with Crippen molar-refractivity contribution in [3.63, 3.8) is 0 Å². The molecule has 2 N–H and O–H groups in total. The maximum atomic E-state index is 11.0. The van der Waals surface area contributed by atoms with Gasteiger partial charge < -0.3 is 10.1 Å². The van der Waals surface area contributed by atoms with Crippen LogP contribution < -0.4 is 0 Å². The number of rotatable bonds is 3. The smallest absolute Gasteiger partial charge is 0.309 e. The Labute approximate surface area is 94.1 Å². The Bertz CT molecular complexity index is 492. The summed E-state index contributed by atoms with van der Waals surface area (Å²) in [4.78, 5) is 14.3. The Balaban J connectivity index is 2.32. The summed E-state index contributed by atoms with van der Waals surface area (Å²) in [5.74, 6) is -0.772. The van der Waals surface area contributed by atoms with E-state index in [1.165, 1.54) is 0 Å². The van der Waals surface area contributed by atoms with Crippen LogP contribution in [0.25, 0.3) is 10.9 Å². The van der Waals surface area contributed by atoms with Gasteiger partial charge in [-0.05, 0) is 31.4 Å². The quantitative estimate of drug-likeness (QED) is 0.830. The van der Waals surface area contributed by atoms with Crippen molar-refractivity contribution in [3.8, 4) is 0 Å². The molecule has 0 saturated carbocycles. The minimum absolute atomic E-state index is 0.511. The molecule has 3 nitrogen and oxygen atoms in total. The Hall–Kier alpha value is -1.77. The fraction of sp³-hybridized carbons (Fsp3) is 0.308. The van der Waals surface area contributed by atoms with Gasteiger partial charge in [-0.25, -0.2) is 0 Å². The first-order chi connectivity index (χ1) is 7.49. The summed E-state index contributed by atoms with van der Waals surface area (Å²) in [7, 11) is 0. The lowest BCUT2D eigenvalue weighted by Crippen LogP contribution is -2.26. The van der Waals surface area contributed by atoms with Gasteiger partial charge in [-0.2, -0.15) is 0 Å². The molecule has 2 aromatic rings. The molecule has 0 amide bonds. The van der Waals surface area contributed by atoms with E-state index in [9.17, 15) is 4.79 Å². The van der Waals surface area contributed by atoms with E-state index in [0.29, 0.717) is 6.42 Å². The Morgan fingerprint density at radius 2 is 2.06 bits per heavy atom. The highest BCUT2D eigenvalue weighted by atomic mass is 16.4. The zero-order valence-corrected chi connectivity index (χ0v) is 9.45. The molecule has 0 fully saturated rings. The van der Waals surface area contributed by atoms with Crippen LogP contribution >= 0.6 is 0 Å². The number of hydrogen-bond acceptors (Lipinski definition) is 1. The molecule has 84 valence electrons. The van der Waals surface area contributed by atoms with E-state index in [1.54, 1.807) is 13.8 Å². The first kappa shape index (κ1) is 10.7. The van der Waals surface area contributed by atoms with Crippen molar-refractivity contribution < 1.29 is 9.90 Å². The van der Waals surface area contributed by atoms with Gasteiger partial charge in [-0.3, -0.25) is 4.79 Å². The summed E-state index contributed by atoms with van der Waals surface area (Å²) < 4.78 is 0. The van der Waals surface area contributed by atoms with E-state index < -0.39 is 11.4 Å². The maximum Gasteiger partial charge on any atom is 0.309 e. The number of fused-ring (bicyclic) bond motifs is 1. The number of H-pyrrole nitrogens is 1. The van der Waals surface area contributed by atoms with E-state index in [1.807, 2.05) is 30.3 Å². The van der Waals surface area contributed by atoms with Crippen LogP contribution in [0.3, 0.4) is 0 Å². The number of carboxylic acid groups (broad SMARTS) is 1. The van der Waals surface area contributed by atoms with E-state index in [0.717, 1.165) is 16.6 Å². The second-order valence-electron chi connectivity index (χ2n) is 4.75. The predicted molar refractivity (Wildman–Crippen MR) is 63.4 cm³/mol. The van der Waals surface area contributed by atoms with Crippen molar-refractivity contribution in [2.45, 2.75) is 20.3 Å². The lowest BCUT2D eigenvalue weighted by atomic mass is 9.88. The topological polar surface area (TPSA) is 53.1 Å². The number of benzene rings is 1. The fourth-order valence-electron chi connectivity index (χ4n) is 1.78. The summed E-state index contributed by atoms with van der Waals surface area (Å²) >= 11 is 0. The highest BCUT2D eigenvalue weighted by Crippen LogP contribution is 2.24. The van der Waals surface area contributed by atoms with Crippen LogP contribution in [0.4, 0.5) is 0 Å². The van der Waals surface area contributed by atoms with Crippen molar-refractivity contribution in [2.24, 2.45) is 5.41 Å². The van der Waals surface area contributed by atoms with Gasteiger partial charge >= 0.3 is 5.97 Å². The van der Waals surface area contributed by atoms with Crippen molar-refractivity contribution in [3.05, 3.63) is 36.0 Å². The number of aromatic amines is 1. The molecule has 0 aliphatic rings. The maximum absolute atomic E-state index is 11.0. The molecule has 16 heavy (non-hydrogen) atoms. The molecule has 1 aromatic heterocycles. The molecular weight excluding hydrogens is 202 g/mol. The monoisotopic (exact) mass is 217 g/mol. The SMILES string of the molecule is CC(C)(Cc1cc2ccccc2[nH]1)C(=O)O. The standard InChI is InChI=1S/C13H15NO2/c1-13(2,12(15)16)8-10-7-9-5-3-4-6-11(9)14-10/h3-7,14H,8H2,1-2H3,(H,15,16). The molecular formula is C13H15NO2. The third-order valence-electron chi connectivity index (χ3n) is 2.80. The molecule has 0 atom stereocenters. The lowest BCUT2D eigenvalue weighted by Gasteiger charge is -2.17. The highest BCUT2D eigenvalue weighted by Gasteiger charge is 2.27. The zero-order valence-electron chi connectivity index (χ0n) is 9.45. The number of aromatic nitrogens is 1. The average molecular weight is 217 g/mol. The van der Waals surface area contributed by atoms with Gasteiger partial charge in [0.15, 0.2) is 0 Å². The average Bonchev–Trinajstić information content (AvgIpc) is 2.58. The van der Waals surface area contributed by atoms with Crippen LogP contribution in [0.2, 0.25) is 0 Å². The van der Waals surface area contributed by atoms with E-state index in [4.69, 9.17) is 5.11 Å². The van der Waals surface area contributed by atoms with Crippen LogP contribution in [0.1, 0.15) is 19.5 Å². The molecule has 3 heteroatoms. The van der Waals surface area contributed by atoms with Crippen molar-refractivity contribution in [1.82, 2.24) is 4.98 Å². The minimum atomic E-state index is -0.772. The lowest BCUT2D eigenvalue weighted by molar-refractivity contribution is -0.146. The second-order valence-corrected chi connectivity index (χ2v) is 4.75. The van der Waals surface area contributed by atoms with Crippen molar-refractivity contribution in [2.75, 3.05) is 0 Å². The molecule has 0 radical (unpaired) electrons. The van der Waals surface area contributed by atoms with Gasteiger partial charge in [0, 0.05) is 17.6 Å². The van der Waals surface area contributed by atoms with Crippen LogP contribution in [-0.4, -0.2) is 16.1 Å². The number of nitrogens with one attached hydrogen (secondary N) is 1. The Morgan fingerprint density at radius 3 is 2.69 bits per heavy atom. The molecule has 0 bridgehead atoms. The second kappa shape index (κ2) is 3.67. The molecule has 0 aliphatic carbocycles. The zero-order chi connectivity index (χ0) is 11.8. The summed E-state index contributed by atoms with van der Waals surface area (Å²) in [5, 5.41) is 10.2. The van der Waals surface area contributed by atoms with Gasteiger partial charge in [0.05, 0.1) is 5.41 Å². The van der Waals surface area contributed by atoms with E-state index >= 15 is 0 Å². The molecule has 0 unspecified atom stereocenters. The Morgan fingerprint density at radius 1 is 1.38 bits per heavy atom. The molecule has 2 rings (SSSR count). The van der Waals surface area contributed by atoms with Gasteiger partial charge in [-0.1, -0.05) is 18.2 Å². The van der Waals surface area contributed by atoms with Gasteiger partial charge in [-0.15, -0.1) is 0 Å². The third-order valence-corrected chi connectivity index (χ3v) is 2.80. The summed E-state index contributed by atoms with van der Waals surface area (Å²) in [6.07, 6.45) is 0.511. The van der Waals surface area contributed by atoms with Gasteiger partial charge in [0.25, 0.3) is 0 Å². The molecule has 1 heterocycles. The van der Waals surface area contributed by atoms with Gasteiger partial charge in [0.1, 0.15) is 0 Å². The minimum Gasteiger partial charge on any atom is -0.481 e. The normalized spacial score (nSPS) is 11.9. The third kappa shape index (κ3) is 1.94. The van der Waals surface area contributed by atoms with Crippen molar-refractivity contribution in [1.29, 1.82) is 0 Å². The molecule has 0 spiro atoms. The van der Waals surface area contributed by atoms with Crippen molar-refractivity contribution >= 4 is 16.9 Å². The predicted octanol–water partition coefficient (Wildman–Crippen LogP) is 2.82. The molecule has 1 aromatic carbocycles. The van der Waals surface area contributed by atoms with Crippen LogP contribution in [0.5, 0.6) is 0 Å². The summed E-state index contributed by atoms with van der Waals surface area (Å²) in [5.41, 5.74) is 1.29. The van der Waals surface area contributed by atoms with Crippen LogP contribution in [0.15, 0.2) is 30.3 Å². The molecule has 0 saturated heterocycles. The number of carbonyl (C=O) groups is 1.